The van der Waals surface area contributed by atoms with Crippen LogP contribution >= 0.6 is 10.7 Å². The lowest BCUT2D eigenvalue weighted by Crippen LogP contribution is -2.13. The van der Waals surface area contributed by atoms with Crippen LogP contribution in [-0.4, -0.2) is 13.7 Å². The molecule has 0 aliphatic carbocycles. The molecule has 0 aromatic rings. The molecule has 0 radical (unpaired) electrons. The zero-order chi connectivity index (χ0) is 8.36. The van der Waals surface area contributed by atoms with E-state index in [0.29, 0.717) is 12.3 Å². The maximum absolute atomic E-state index is 10.6. The van der Waals surface area contributed by atoms with Gasteiger partial charge >= 0.3 is 0 Å². The lowest BCUT2D eigenvalue weighted by Gasteiger charge is -2.08. The minimum Gasteiger partial charge on any atom is -0.212 e. The molecule has 10 heavy (non-hydrogen) atoms. The Balaban J connectivity index is 3.99. The summed E-state index contributed by atoms with van der Waals surface area (Å²) >= 11 is 0. The lowest BCUT2D eigenvalue weighted by molar-refractivity contribution is 0.546. The summed E-state index contributed by atoms with van der Waals surface area (Å²) in [5.41, 5.74) is 0. The van der Waals surface area contributed by atoms with E-state index in [-0.39, 0.29) is 0 Å². The summed E-state index contributed by atoms with van der Waals surface area (Å²) in [4.78, 5) is 0. The van der Waals surface area contributed by atoms with Crippen LogP contribution in [0.2, 0.25) is 0 Å². The first-order valence-corrected chi connectivity index (χ1v) is 5.64. The van der Waals surface area contributed by atoms with E-state index in [4.69, 9.17) is 10.7 Å². The normalized spacial score (nSPS) is 15.7. The summed E-state index contributed by atoms with van der Waals surface area (Å²) in [5.74, 6) is 0.378. The number of halogens is 1. The molecule has 0 N–H and O–H groups in total. The van der Waals surface area contributed by atoms with Crippen molar-refractivity contribution in [2.75, 3.05) is 0 Å². The van der Waals surface area contributed by atoms with Crippen LogP contribution in [0, 0.1) is 5.92 Å². The molecule has 0 aliphatic heterocycles. The van der Waals surface area contributed by atoms with E-state index in [1.165, 1.54) is 0 Å². The predicted molar refractivity (Wildman–Crippen MR) is 43.7 cm³/mol. The van der Waals surface area contributed by atoms with Crippen LogP contribution in [0.1, 0.15) is 27.2 Å². The SMILES string of the molecule is CC(C)C[C@@H](C)S(=O)(=O)Cl. The second-order valence-corrected chi connectivity index (χ2v) is 5.96. The first-order valence-electron chi connectivity index (χ1n) is 3.27. The van der Waals surface area contributed by atoms with Gasteiger partial charge in [0.1, 0.15) is 0 Å². The topological polar surface area (TPSA) is 34.1 Å². The third kappa shape index (κ3) is 4.12. The van der Waals surface area contributed by atoms with Crippen LogP contribution in [0.15, 0.2) is 0 Å². The van der Waals surface area contributed by atoms with Gasteiger partial charge in [0, 0.05) is 10.7 Å². The van der Waals surface area contributed by atoms with Gasteiger partial charge < -0.3 is 0 Å². The Kier molecular flexibility index (Phi) is 3.66. The van der Waals surface area contributed by atoms with Crippen molar-refractivity contribution in [2.45, 2.75) is 32.4 Å². The standard InChI is InChI=1S/C6H13ClO2S/c1-5(2)4-6(3)10(7,8)9/h5-6H,4H2,1-3H3/t6-/m1/s1. The summed E-state index contributed by atoms with van der Waals surface area (Å²) in [6.45, 7) is 5.57. The fourth-order valence-corrected chi connectivity index (χ4v) is 1.61. The highest BCUT2D eigenvalue weighted by atomic mass is 35.7. The van der Waals surface area contributed by atoms with Gasteiger partial charge in [-0.3, -0.25) is 0 Å². The number of hydrogen-bond donors (Lipinski definition) is 0. The van der Waals surface area contributed by atoms with Gasteiger partial charge in [-0.15, -0.1) is 0 Å². The number of hydrogen-bond acceptors (Lipinski definition) is 2. The van der Waals surface area contributed by atoms with Crippen molar-refractivity contribution in [3.63, 3.8) is 0 Å². The van der Waals surface area contributed by atoms with Crippen LogP contribution < -0.4 is 0 Å². The zero-order valence-corrected chi connectivity index (χ0v) is 8.04. The van der Waals surface area contributed by atoms with E-state index in [1.807, 2.05) is 13.8 Å². The highest BCUT2D eigenvalue weighted by Crippen LogP contribution is 2.15. The van der Waals surface area contributed by atoms with Crippen LogP contribution in [0.25, 0.3) is 0 Å². The molecule has 62 valence electrons. The van der Waals surface area contributed by atoms with E-state index in [9.17, 15) is 8.42 Å². The van der Waals surface area contributed by atoms with Crippen LogP contribution in [0.4, 0.5) is 0 Å². The predicted octanol–water partition coefficient (Wildman–Crippen LogP) is 1.99. The molecule has 0 bridgehead atoms. The van der Waals surface area contributed by atoms with Gasteiger partial charge in [-0.05, 0) is 19.3 Å². The smallest absolute Gasteiger partial charge is 0.212 e. The van der Waals surface area contributed by atoms with Crippen molar-refractivity contribution >= 4 is 19.7 Å². The summed E-state index contributed by atoms with van der Waals surface area (Å²) in [6, 6.07) is 0. The molecule has 0 saturated heterocycles. The third-order valence-corrected chi connectivity index (χ3v) is 3.35. The van der Waals surface area contributed by atoms with E-state index in [2.05, 4.69) is 0 Å². The van der Waals surface area contributed by atoms with Crippen LogP contribution in [0.3, 0.4) is 0 Å². The summed E-state index contributed by atoms with van der Waals surface area (Å²) in [6.07, 6.45) is 0.631. The zero-order valence-electron chi connectivity index (χ0n) is 6.46. The second-order valence-electron chi connectivity index (χ2n) is 2.92. The van der Waals surface area contributed by atoms with Gasteiger partial charge in [-0.1, -0.05) is 13.8 Å². The molecule has 1 atom stereocenters. The Morgan fingerprint density at radius 1 is 1.30 bits per heavy atom. The van der Waals surface area contributed by atoms with Gasteiger partial charge in [-0.25, -0.2) is 8.42 Å². The van der Waals surface area contributed by atoms with Gasteiger partial charge in [0.05, 0.1) is 5.25 Å². The van der Waals surface area contributed by atoms with Gasteiger partial charge in [-0.2, -0.15) is 0 Å². The minimum absolute atomic E-state index is 0.378. The molecule has 0 rings (SSSR count). The van der Waals surface area contributed by atoms with Gasteiger partial charge in [0.15, 0.2) is 0 Å². The van der Waals surface area contributed by atoms with Gasteiger partial charge in [0.25, 0.3) is 0 Å². The van der Waals surface area contributed by atoms with Crippen molar-refractivity contribution in [1.29, 1.82) is 0 Å². The highest BCUT2D eigenvalue weighted by molar-refractivity contribution is 8.14. The van der Waals surface area contributed by atoms with Gasteiger partial charge in [0.2, 0.25) is 9.05 Å². The molecule has 0 amide bonds. The lowest BCUT2D eigenvalue weighted by atomic mass is 10.1. The Morgan fingerprint density at radius 2 is 1.70 bits per heavy atom. The molecule has 0 fully saturated rings. The number of rotatable bonds is 3. The van der Waals surface area contributed by atoms with E-state index in [1.54, 1.807) is 6.92 Å². The van der Waals surface area contributed by atoms with Crippen molar-refractivity contribution in [1.82, 2.24) is 0 Å². The summed E-state index contributed by atoms with van der Waals surface area (Å²) in [7, 11) is 1.77. The van der Waals surface area contributed by atoms with Crippen molar-refractivity contribution in [2.24, 2.45) is 5.92 Å². The molecule has 0 aromatic heterocycles. The molecule has 0 spiro atoms. The Hall–Kier alpha value is 0.240. The monoisotopic (exact) mass is 184 g/mol. The summed E-state index contributed by atoms with van der Waals surface area (Å²) < 4.78 is 21.3. The highest BCUT2D eigenvalue weighted by Gasteiger charge is 2.17. The van der Waals surface area contributed by atoms with Crippen molar-refractivity contribution in [3.8, 4) is 0 Å². The Labute approximate surface area is 67.0 Å². The third-order valence-electron chi connectivity index (χ3n) is 1.28. The van der Waals surface area contributed by atoms with Crippen molar-refractivity contribution < 1.29 is 8.42 Å². The summed E-state index contributed by atoms with van der Waals surface area (Å²) in [5, 5.41) is -0.422. The first-order chi connectivity index (χ1) is 4.34. The molecule has 0 unspecified atom stereocenters. The average molecular weight is 185 g/mol. The largest absolute Gasteiger partial charge is 0.235 e. The first kappa shape index (κ1) is 10.2. The maximum Gasteiger partial charge on any atom is 0.235 e. The Bertz CT molecular complexity index is 184. The van der Waals surface area contributed by atoms with Crippen LogP contribution in [-0.2, 0) is 9.05 Å². The molecular formula is C6H13ClO2S. The minimum atomic E-state index is -3.33. The second kappa shape index (κ2) is 3.58. The average Bonchev–Trinajstić information content (AvgIpc) is 1.60. The molecule has 0 aromatic carbocycles. The fraction of sp³-hybridized carbons (Fsp3) is 1.00. The molecule has 0 heterocycles. The maximum atomic E-state index is 10.6. The molecule has 4 heteroatoms. The van der Waals surface area contributed by atoms with E-state index < -0.39 is 14.3 Å². The van der Waals surface area contributed by atoms with Crippen LogP contribution in [0.5, 0.6) is 0 Å². The van der Waals surface area contributed by atoms with Crippen molar-refractivity contribution in [3.05, 3.63) is 0 Å². The molecule has 0 saturated carbocycles. The van der Waals surface area contributed by atoms with E-state index in [0.717, 1.165) is 0 Å². The fourth-order valence-electron chi connectivity index (χ4n) is 0.779. The molecular weight excluding hydrogens is 172 g/mol. The van der Waals surface area contributed by atoms with E-state index >= 15 is 0 Å². The molecule has 0 aliphatic rings. The Morgan fingerprint density at radius 3 is 1.80 bits per heavy atom. The quantitative estimate of drug-likeness (QED) is 0.629. The molecule has 2 nitrogen and oxygen atoms in total.